The molecule has 122 valence electrons. The van der Waals surface area contributed by atoms with Crippen molar-refractivity contribution in [3.8, 4) is 0 Å². The number of ether oxygens (including phenoxy) is 1. The molecule has 3 rings (SSSR count). The van der Waals surface area contributed by atoms with Crippen molar-refractivity contribution in [2.45, 2.75) is 31.5 Å². The molecule has 0 unspecified atom stereocenters. The molecule has 2 atom stereocenters. The lowest BCUT2D eigenvalue weighted by Gasteiger charge is -2.38. The smallest absolute Gasteiger partial charge is 0.211 e. The monoisotopic (exact) mass is 325 g/mol. The number of likely N-dealkylation sites (tertiary alicyclic amines) is 1. The van der Waals surface area contributed by atoms with Crippen molar-refractivity contribution >= 4 is 10.0 Å². The maximum atomic E-state index is 12.0. The average molecular weight is 325 g/mol. The van der Waals surface area contributed by atoms with Crippen molar-refractivity contribution in [3.63, 3.8) is 0 Å². The van der Waals surface area contributed by atoms with Crippen LogP contribution in [0, 0.1) is 0 Å². The lowest BCUT2D eigenvalue weighted by molar-refractivity contribution is -0.0407. The Morgan fingerprint density at radius 3 is 2.86 bits per heavy atom. The highest BCUT2D eigenvalue weighted by Gasteiger charge is 2.38. The molecule has 1 aromatic heterocycles. The third kappa shape index (κ3) is 3.65. The fraction of sp³-hybridized carbons (Fsp3) is 0.667. The number of fused-ring (bicyclic) bond motifs is 1. The second-order valence-electron chi connectivity index (χ2n) is 6.07. The van der Waals surface area contributed by atoms with Crippen LogP contribution in [-0.4, -0.2) is 67.2 Å². The second kappa shape index (κ2) is 6.62. The van der Waals surface area contributed by atoms with Gasteiger partial charge in [0, 0.05) is 38.6 Å². The van der Waals surface area contributed by atoms with Gasteiger partial charge in [0.1, 0.15) is 0 Å². The van der Waals surface area contributed by atoms with Gasteiger partial charge in [-0.2, -0.15) is 4.31 Å². The third-order valence-corrected chi connectivity index (χ3v) is 5.77. The zero-order valence-corrected chi connectivity index (χ0v) is 13.7. The van der Waals surface area contributed by atoms with E-state index in [1.165, 1.54) is 11.8 Å². The Kier molecular flexibility index (Phi) is 4.77. The van der Waals surface area contributed by atoms with Crippen molar-refractivity contribution in [3.05, 3.63) is 30.1 Å². The number of sulfonamides is 1. The number of hydrogen-bond donors (Lipinski definition) is 0. The molecular formula is C15H23N3O3S. The summed E-state index contributed by atoms with van der Waals surface area (Å²) in [5.74, 6) is 0. The van der Waals surface area contributed by atoms with Gasteiger partial charge in [-0.15, -0.1) is 0 Å². The molecule has 2 aliphatic rings. The summed E-state index contributed by atoms with van der Waals surface area (Å²) >= 11 is 0. The largest absolute Gasteiger partial charge is 0.375 e. The van der Waals surface area contributed by atoms with Crippen LogP contribution in [0.15, 0.2) is 24.5 Å². The molecule has 0 N–H and O–H groups in total. The van der Waals surface area contributed by atoms with Crippen molar-refractivity contribution in [1.29, 1.82) is 0 Å². The van der Waals surface area contributed by atoms with Gasteiger partial charge in [0.25, 0.3) is 0 Å². The minimum Gasteiger partial charge on any atom is -0.375 e. The SMILES string of the molecule is CS(=O)(=O)N1CCO[C@H]2CCN(Cc3cccnc3)CC[C@@H]21. The first kappa shape index (κ1) is 15.9. The molecule has 3 heterocycles. The molecule has 0 amide bonds. The predicted octanol–water partition coefficient (Wildman–Crippen LogP) is 0.706. The number of aromatic nitrogens is 1. The molecule has 0 radical (unpaired) electrons. The van der Waals surface area contributed by atoms with Gasteiger partial charge in [-0.1, -0.05) is 6.07 Å². The summed E-state index contributed by atoms with van der Waals surface area (Å²) < 4.78 is 31.4. The molecule has 0 saturated carbocycles. The van der Waals surface area contributed by atoms with Crippen molar-refractivity contribution in [2.24, 2.45) is 0 Å². The molecular weight excluding hydrogens is 302 g/mol. The van der Waals surface area contributed by atoms with Gasteiger partial charge >= 0.3 is 0 Å². The Morgan fingerprint density at radius 1 is 1.32 bits per heavy atom. The summed E-state index contributed by atoms with van der Waals surface area (Å²) in [6.07, 6.45) is 6.67. The van der Waals surface area contributed by atoms with Crippen LogP contribution in [0.5, 0.6) is 0 Å². The fourth-order valence-corrected chi connectivity index (χ4v) is 4.56. The minimum atomic E-state index is -3.16. The van der Waals surface area contributed by atoms with Crippen molar-refractivity contribution < 1.29 is 13.2 Å². The summed E-state index contributed by atoms with van der Waals surface area (Å²) in [4.78, 5) is 6.51. The van der Waals surface area contributed by atoms with Crippen LogP contribution < -0.4 is 0 Å². The van der Waals surface area contributed by atoms with Crippen LogP contribution in [0.4, 0.5) is 0 Å². The van der Waals surface area contributed by atoms with Crippen LogP contribution in [0.1, 0.15) is 18.4 Å². The highest BCUT2D eigenvalue weighted by molar-refractivity contribution is 7.88. The molecule has 1 aromatic rings. The maximum absolute atomic E-state index is 12.0. The molecule has 6 nitrogen and oxygen atoms in total. The van der Waals surface area contributed by atoms with Gasteiger partial charge < -0.3 is 4.74 Å². The molecule has 2 fully saturated rings. The molecule has 2 saturated heterocycles. The summed E-state index contributed by atoms with van der Waals surface area (Å²) in [6, 6.07) is 3.99. The zero-order chi connectivity index (χ0) is 15.6. The average Bonchev–Trinajstić information content (AvgIpc) is 2.70. The number of nitrogens with zero attached hydrogens (tertiary/aromatic N) is 3. The van der Waals surface area contributed by atoms with Gasteiger partial charge in [-0.3, -0.25) is 9.88 Å². The highest BCUT2D eigenvalue weighted by Crippen LogP contribution is 2.26. The van der Waals surface area contributed by atoms with Gasteiger partial charge in [0.2, 0.25) is 10.0 Å². The minimum absolute atomic E-state index is 0.0161. The molecule has 0 aliphatic carbocycles. The first-order valence-electron chi connectivity index (χ1n) is 7.74. The predicted molar refractivity (Wildman–Crippen MR) is 83.8 cm³/mol. The number of hydrogen-bond acceptors (Lipinski definition) is 5. The summed E-state index contributed by atoms with van der Waals surface area (Å²) in [6.45, 7) is 3.63. The molecule has 0 spiro atoms. The van der Waals surface area contributed by atoms with Gasteiger partial charge in [-0.25, -0.2) is 8.42 Å². The van der Waals surface area contributed by atoms with Gasteiger partial charge in [0.05, 0.1) is 25.0 Å². The Morgan fingerprint density at radius 2 is 2.14 bits per heavy atom. The van der Waals surface area contributed by atoms with Gasteiger partial charge in [-0.05, 0) is 24.5 Å². The standard InChI is InChI=1S/C15H23N3O3S/c1-22(19,20)18-9-10-21-15-5-8-17(7-4-14(15)18)12-13-3-2-6-16-11-13/h2-3,6,11,14-15H,4-5,7-10,12H2,1H3/t14-,15-/m0/s1. The first-order valence-corrected chi connectivity index (χ1v) is 9.58. The molecule has 7 heteroatoms. The fourth-order valence-electron chi connectivity index (χ4n) is 3.42. The van der Waals surface area contributed by atoms with E-state index < -0.39 is 10.0 Å². The zero-order valence-electron chi connectivity index (χ0n) is 12.9. The molecule has 2 aliphatic heterocycles. The number of morpholine rings is 1. The molecule has 22 heavy (non-hydrogen) atoms. The lowest BCUT2D eigenvalue weighted by atomic mass is 10.0. The third-order valence-electron chi connectivity index (χ3n) is 4.47. The van der Waals surface area contributed by atoms with E-state index in [1.807, 2.05) is 12.3 Å². The highest BCUT2D eigenvalue weighted by atomic mass is 32.2. The maximum Gasteiger partial charge on any atom is 0.211 e. The quantitative estimate of drug-likeness (QED) is 0.819. The number of rotatable bonds is 3. The van der Waals surface area contributed by atoms with Crippen LogP contribution in [0.25, 0.3) is 0 Å². The van der Waals surface area contributed by atoms with E-state index in [4.69, 9.17) is 4.74 Å². The van der Waals surface area contributed by atoms with E-state index in [2.05, 4.69) is 16.0 Å². The Hall–Kier alpha value is -1.02. The Bertz CT molecular complexity index is 593. The Balaban J connectivity index is 1.68. The first-order chi connectivity index (χ1) is 10.5. The molecule has 0 bridgehead atoms. The van der Waals surface area contributed by atoms with E-state index in [-0.39, 0.29) is 12.1 Å². The van der Waals surface area contributed by atoms with Crippen LogP contribution in [-0.2, 0) is 21.3 Å². The topological polar surface area (TPSA) is 62.7 Å². The van der Waals surface area contributed by atoms with Crippen LogP contribution >= 0.6 is 0 Å². The second-order valence-corrected chi connectivity index (χ2v) is 8.00. The van der Waals surface area contributed by atoms with E-state index in [0.29, 0.717) is 13.2 Å². The van der Waals surface area contributed by atoms with Crippen LogP contribution in [0.2, 0.25) is 0 Å². The lowest BCUT2D eigenvalue weighted by Crippen LogP contribution is -2.53. The summed E-state index contributed by atoms with van der Waals surface area (Å²) in [7, 11) is -3.16. The van der Waals surface area contributed by atoms with E-state index in [9.17, 15) is 8.42 Å². The molecule has 0 aromatic carbocycles. The van der Waals surface area contributed by atoms with E-state index in [0.717, 1.165) is 32.5 Å². The van der Waals surface area contributed by atoms with Crippen LogP contribution in [0.3, 0.4) is 0 Å². The van der Waals surface area contributed by atoms with Crippen molar-refractivity contribution in [2.75, 3.05) is 32.5 Å². The summed E-state index contributed by atoms with van der Waals surface area (Å²) in [5.41, 5.74) is 1.19. The number of pyridine rings is 1. The Labute approximate surface area is 132 Å². The summed E-state index contributed by atoms with van der Waals surface area (Å²) in [5, 5.41) is 0. The van der Waals surface area contributed by atoms with E-state index in [1.54, 1.807) is 10.5 Å². The van der Waals surface area contributed by atoms with E-state index >= 15 is 0 Å². The normalized spacial score (nSPS) is 28.0. The van der Waals surface area contributed by atoms with Crippen molar-refractivity contribution in [1.82, 2.24) is 14.2 Å². The van der Waals surface area contributed by atoms with Gasteiger partial charge in [0.15, 0.2) is 0 Å².